The Morgan fingerprint density at radius 1 is 1.48 bits per heavy atom. The highest BCUT2D eigenvalue weighted by Gasteiger charge is 2.30. The van der Waals surface area contributed by atoms with Crippen LogP contribution in [0.1, 0.15) is 20.8 Å². The molecule has 8 heteroatoms. The van der Waals surface area contributed by atoms with E-state index in [1.54, 1.807) is 6.92 Å². The summed E-state index contributed by atoms with van der Waals surface area (Å²) in [7, 11) is 1.34. The molecule has 0 radical (unpaired) electrons. The highest BCUT2D eigenvalue weighted by molar-refractivity contribution is 5.79. The Labute approximate surface area is 134 Å². The van der Waals surface area contributed by atoms with Crippen molar-refractivity contribution in [2.24, 2.45) is 5.92 Å². The lowest BCUT2D eigenvalue weighted by Crippen LogP contribution is -2.50. The van der Waals surface area contributed by atoms with Crippen molar-refractivity contribution >= 4 is 11.6 Å². The zero-order valence-corrected chi connectivity index (χ0v) is 13.5. The van der Waals surface area contributed by atoms with Crippen LogP contribution in [0.5, 0.6) is 11.5 Å². The van der Waals surface area contributed by atoms with Gasteiger partial charge in [-0.25, -0.2) is 0 Å². The van der Waals surface area contributed by atoms with Crippen LogP contribution in [0.25, 0.3) is 0 Å². The van der Waals surface area contributed by atoms with Gasteiger partial charge in [-0.1, -0.05) is 13.8 Å². The van der Waals surface area contributed by atoms with Crippen LogP contribution in [-0.2, 0) is 4.79 Å². The van der Waals surface area contributed by atoms with Crippen molar-refractivity contribution in [1.29, 1.82) is 5.26 Å². The number of hydrogen-bond acceptors (Lipinski definition) is 6. The number of nitro groups is 1. The van der Waals surface area contributed by atoms with Gasteiger partial charge in [0, 0.05) is 6.07 Å². The number of nitrogens with one attached hydrogen (secondary N) is 1. The molecule has 124 valence electrons. The lowest BCUT2D eigenvalue weighted by Gasteiger charge is -2.27. The number of hydrogen-bond donors (Lipinski definition) is 1. The Morgan fingerprint density at radius 2 is 2.13 bits per heavy atom. The molecule has 0 aliphatic rings. The maximum atomic E-state index is 11.9. The first-order chi connectivity index (χ1) is 10.7. The number of methoxy groups -OCH3 is 1. The number of nitro benzene ring substituents is 1. The number of nitrogens with zero attached hydrogens (tertiary/aromatic N) is 2. The van der Waals surface area contributed by atoms with Gasteiger partial charge in [-0.05, 0) is 18.9 Å². The summed E-state index contributed by atoms with van der Waals surface area (Å²) in [6.07, 6.45) is 0. The number of carbonyl (C=O) groups excluding carboxylic acids is 1. The predicted octanol–water partition coefficient (Wildman–Crippen LogP) is 2.04. The summed E-state index contributed by atoms with van der Waals surface area (Å²) >= 11 is 0. The summed E-state index contributed by atoms with van der Waals surface area (Å²) < 4.78 is 10.3. The first kappa shape index (κ1) is 18.2. The van der Waals surface area contributed by atoms with Crippen LogP contribution in [0.4, 0.5) is 5.69 Å². The van der Waals surface area contributed by atoms with Crippen LogP contribution in [0.15, 0.2) is 18.2 Å². The highest BCUT2D eigenvalue weighted by atomic mass is 16.6. The summed E-state index contributed by atoms with van der Waals surface area (Å²) in [5, 5.41) is 22.5. The zero-order chi connectivity index (χ0) is 17.6. The lowest BCUT2D eigenvalue weighted by atomic mass is 9.90. The van der Waals surface area contributed by atoms with Gasteiger partial charge < -0.3 is 14.8 Å². The average molecular weight is 321 g/mol. The van der Waals surface area contributed by atoms with E-state index in [1.807, 2.05) is 13.8 Å². The van der Waals surface area contributed by atoms with Crippen molar-refractivity contribution < 1.29 is 19.2 Å². The first-order valence-corrected chi connectivity index (χ1v) is 6.91. The highest BCUT2D eigenvalue weighted by Crippen LogP contribution is 2.31. The van der Waals surface area contributed by atoms with Crippen molar-refractivity contribution in [3.63, 3.8) is 0 Å². The van der Waals surface area contributed by atoms with Gasteiger partial charge in [0.05, 0.1) is 24.2 Å². The van der Waals surface area contributed by atoms with Gasteiger partial charge in [0.2, 0.25) is 0 Å². The van der Waals surface area contributed by atoms with E-state index in [0.29, 0.717) is 0 Å². The molecule has 0 spiro atoms. The summed E-state index contributed by atoms with van der Waals surface area (Å²) in [6, 6.07) is 5.88. The van der Waals surface area contributed by atoms with Crippen molar-refractivity contribution in [2.45, 2.75) is 26.3 Å². The van der Waals surface area contributed by atoms with E-state index >= 15 is 0 Å². The van der Waals surface area contributed by atoms with E-state index in [1.165, 1.54) is 25.3 Å². The lowest BCUT2D eigenvalue weighted by molar-refractivity contribution is -0.384. The molecule has 1 atom stereocenters. The number of nitriles is 1. The number of benzene rings is 1. The minimum absolute atomic E-state index is 0.0784. The van der Waals surface area contributed by atoms with E-state index in [0.717, 1.165) is 0 Å². The normalized spacial score (nSPS) is 12.9. The summed E-state index contributed by atoms with van der Waals surface area (Å²) in [5.41, 5.74) is -1.14. The molecule has 0 bridgehead atoms. The first-order valence-electron chi connectivity index (χ1n) is 6.91. The molecule has 1 rings (SSSR count). The molecule has 0 fully saturated rings. The number of ether oxygens (including phenoxy) is 2. The standard InChI is InChI=1S/C15H19N3O5/c1-10(2)15(3,9-16)17-14(19)8-23-12-6-5-11(18(20)21)7-13(12)22-4/h5-7,10H,8H2,1-4H3,(H,17,19). The molecule has 1 aromatic carbocycles. The van der Waals surface area contributed by atoms with Gasteiger partial charge in [0.25, 0.3) is 11.6 Å². The summed E-state index contributed by atoms with van der Waals surface area (Å²) in [4.78, 5) is 22.1. The maximum absolute atomic E-state index is 11.9. The minimum Gasteiger partial charge on any atom is -0.493 e. The number of amides is 1. The van der Waals surface area contributed by atoms with E-state index in [2.05, 4.69) is 11.4 Å². The van der Waals surface area contributed by atoms with Gasteiger partial charge >= 0.3 is 0 Å². The molecule has 0 aliphatic heterocycles. The second kappa shape index (κ2) is 7.45. The van der Waals surface area contributed by atoms with Crippen LogP contribution < -0.4 is 14.8 Å². The Hall–Kier alpha value is -2.82. The Bertz CT molecular complexity index is 638. The number of non-ortho nitro benzene ring substituents is 1. The van der Waals surface area contributed by atoms with E-state index in [9.17, 15) is 14.9 Å². The van der Waals surface area contributed by atoms with Crippen molar-refractivity contribution in [3.05, 3.63) is 28.3 Å². The van der Waals surface area contributed by atoms with Gasteiger partial charge in [-0.3, -0.25) is 14.9 Å². The molecular formula is C15H19N3O5. The molecule has 8 nitrogen and oxygen atoms in total. The van der Waals surface area contributed by atoms with Gasteiger partial charge in [0.15, 0.2) is 18.1 Å². The molecule has 0 saturated heterocycles. The SMILES string of the molecule is COc1cc([N+](=O)[O-])ccc1OCC(=O)NC(C)(C#N)C(C)C. The minimum atomic E-state index is -1.000. The molecule has 0 aromatic heterocycles. The van der Waals surface area contributed by atoms with Crippen molar-refractivity contribution in [2.75, 3.05) is 13.7 Å². The molecule has 1 unspecified atom stereocenters. The van der Waals surface area contributed by atoms with Crippen molar-refractivity contribution in [3.8, 4) is 17.6 Å². The molecule has 0 saturated carbocycles. The number of rotatable bonds is 7. The molecule has 0 aliphatic carbocycles. The molecule has 1 amide bonds. The third kappa shape index (κ3) is 4.57. The van der Waals surface area contributed by atoms with Crippen LogP contribution in [-0.4, -0.2) is 30.1 Å². The van der Waals surface area contributed by atoms with E-state index in [4.69, 9.17) is 14.7 Å². The fourth-order valence-corrected chi connectivity index (χ4v) is 1.66. The number of carbonyl (C=O) groups is 1. The van der Waals surface area contributed by atoms with Gasteiger partial charge in [0.1, 0.15) is 5.54 Å². The van der Waals surface area contributed by atoms with Crippen molar-refractivity contribution in [1.82, 2.24) is 5.32 Å². The van der Waals surface area contributed by atoms with E-state index < -0.39 is 16.4 Å². The second-order valence-corrected chi connectivity index (χ2v) is 5.40. The van der Waals surface area contributed by atoms with E-state index in [-0.39, 0.29) is 29.7 Å². The Kier molecular flexibility index (Phi) is 5.90. The Morgan fingerprint density at radius 3 is 2.61 bits per heavy atom. The molecule has 1 N–H and O–H groups in total. The zero-order valence-electron chi connectivity index (χ0n) is 13.5. The fraction of sp³-hybridized carbons (Fsp3) is 0.467. The second-order valence-electron chi connectivity index (χ2n) is 5.40. The van der Waals surface area contributed by atoms with Gasteiger partial charge in [-0.15, -0.1) is 0 Å². The monoisotopic (exact) mass is 321 g/mol. The van der Waals surface area contributed by atoms with Crippen LogP contribution >= 0.6 is 0 Å². The Balaban J connectivity index is 2.77. The average Bonchev–Trinajstić information content (AvgIpc) is 2.52. The smallest absolute Gasteiger partial charge is 0.273 e. The molecule has 0 heterocycles. The maximum Gasteiger partial charge on any atom is 0.273 e. The molecular weight excluding hydrogens is 302 g/mol. The third-order valence-electron chi connectivity index (χ3n) is 3.50. The molecule has 23 heavy (non-hydrogen) atoms. The quantitative estimate of drug-likeness (QED) is 0.607. The summed E-state index contributed by atoms with van der Waals surface area (Å²) in [6.45, 7) is 4.94. The van der Waals surface area contributed by atoms with Crippen LogP contribution in [0, 0.1) is 27.4 Å². The largest absolute Gasteiger partial charge is 0.493 e. The topological polar surface area (TPSA) is 114 Å². The van der Waals surface area contributed by atoms with Gasteiger partial charge in [-0.2, -0.15) is 5.26 Å². The van der Waals surface area contributed by atoms with Crippen LogP contribution in [0.2, 0.25) is 0 Å². The summed E-state index contributed by atoms with van der Waals surface area (Å²) in [5.74, 6) is -0.191. The third-order valence-corrected chi connectivity index (χ3v) is 3.50. The fourth-order valence-electron chi connectivity index (χ4n) is 1.66. The molecule has 1 aromatic rings. The predicted molar refractivity (Wildman–Crippen MR) is 82.1 cm³/mol. The van der Waals surface area contributed by atoms with Crippen LogP contribution in [0.3, 0.4) is 0 Å².